The van der Waals surface area contributed by atoms with Gasteiger partial charge in [-0.15, -0.1) is 23.2 Å². The molecule has 0 radical (unpaired) electrons. The molecule has 0 N–H and O–H groups in total. The van der Waals surface area contributed by atoms with E-state index in [4.69, 9.17) is 27.9 Å². The highest BCUT2D eigenvalue weighted by Crippen LogP contribution is 2.64. The van der Waals surface area contributed by atoms with Crippen LogP contribution < -0.4 is 0 Å². The summed E-state index contributed by atoms with van der Waals surface area (Å²) in [5.74, 6) is -0.320. The lowest BCUT2D eigenvalue weighted by Gasteiger charge is -2.37. The molecule has 2 fully saturated rings. The summed E-state index contributed by atoms with van der Waals surface area (Å²) in [5, 5.41) is 0. The maximum atomic E-state index is 12.6. The molecule has 0 unspecified atom stereocenters. The largest absolute Gasteiger partial charge is 0.469 e. The van der Waals surface area contributed by atoms with E-state index in [1.165, 1.54) is 7.11 Å². The zero-order chi connectivity index (χ0) is 14.3. The number of ether oxygens (including phenoxy) is 1. The molecule has 1 heterocycles. The van der Waals surface area contributed by atoms with Crippen LogP contribution >= 0.6 is 23.2 Å². The summed E-state index contributed by atoms with van der Waals surface area (Å²) < 4.78 is 3.73. The van der Waals surface area contributed by atoms with E-state index in [2.05, 4.69) is 0 Å². The standard InChI is InChI=1S/C13H19Cl2NO3/c1-12(8-13(12,14)15)11(18)16-6-4-3-5-9(16)7-10(17)19-2/h9H,3-8H2,1-2H3/t9-,12+/m1/s1. The molecule has 0 spiro atoms. The maximum absolute atomic E-state index is 12.6. The number of methoxy groups -OCH3 is 1. The zero-order valence-corrected chi connectivity index (χ0v) is 12.8. The molecule has 0 aromatic heterocycles. The van der Waals surface area contributed by atoms with Gasteiger partial charge in [0.2, 0.25) is 5.91 Å². The van der Waals surface area contributed by atoms with Gasteiger partial charge in [0.1, 0.15) is 4.33 Å². The SMILES string of the molecule is COC(=O)C[C@H]1CCCCN1C(=O)[C@]1(C)CC1(Cl)Cl. The van der Waals surface area contributed by atoms with Crippen LogP contribution in [0, 0.1) is 5.41 Å². The molecule has 1 amide bonds. The first-order valence-corrected chi connectivity index (χ1v) is 7.33. The Balaban J connectivity index is 2.08. The van der Waals surface area contributed by atoms with Crippen LogP contribution in [0.25, 0.3) is 0 Å². The van der Waals surface area contributed by atoms with Crippen LogP contribution in [0.3, 0.4) is 0 Å². The van der Waals surface area contributed by atoms with Gasteiger partial charge in [-0.3, -0.25) is 9.59 Å². The van der Waals surface area contributed by atoms with Crippen LogP contribution in [0.2, 0.25) is 0 Å². The second-order valence-electron chi connectivity index (χ2n) is 5.64. The topological polar surface area (TPSA) is 46.6 Å². The summed E-state index contributed by atoms with van der Waals surface area (Å²) in [6.45, 7) is 2.46. The van der Waals surface area contributed by atoms with Crippen molar-refractivity contribution in [3.63, 3.8) is 0 Å². The van der Waals surface area contributed by atoms with Gasteiger partial charge in [0.05, 0.1) is 18.9 Å². The molecule has 1 saturated heterocycles. The summed E-state index contributed by atoms with van der Waals surface area (Å²) in [7, 11) is 1.36. The molecular formula is C13H19Cl2NO3. The molecule has 19 heavy (non-hydrogen) atoms. The Morgan fingerprint density at radius 2 is 2.00 bits per heavy atom. The Labute approximate surface area is 123 Å². The molecule has 6 heteroatoms. The summed E-state index contributed by atoms with van der Waals surface area (Å²) >= 11 is 12.1. The van der Waals surface area contributed by atoms with Crippen molar-refractivity contribution in [3.8, 4) is 0 Å². The van der Waals surface area contributed by atoms with E-state index >= 15 is 0 Å². The van der Waals surface area contributed by atoms with Crippen molar-refractivity contribution in [3.05, 3.63) is 0 Å². The molecule has 2 aliphatic rings. The van der Waals surface area contributed by atoms with Gasteiger partial charge in [-0.05, 0) is 32.6 Å². The Kier molecular flexibility index (Phi) is 4.03. The van der Waals surface area contributed by atoms with E-state index < -0.39 is 9.75 Å². The lowest BCUT2D eigenvalue weighted by atomic mass is 9.96. The fraction of sp³-hybridized carbons (Fsp3) is 0.846. The van der Waals surface area contributed by atoms with Gasteiger partial charge in [-0.2, -0.15) is 0 Å². The van der Waals surface area contributed by atoms with E-state index in [0.717, 1.165) is 19.3 Å². The number of halogens is 2. The number of esters is 1. The van der Waals surface area contributed by atoms with E-state index in [1.54, 1.807) is 11.8 Å². The number of alkyl halides is 2. The Hall–Kier alpha value is -0.480. The van der Waals surface area contributed by atoms with Crippen molar-refractivity contribution in [1.82, 2.24) is 4.90 Å². The number of likely N-dealkylation sites (tertiary alicyclic amines) is 1. The molecule has 2 rings (SSSR count). The van der Waals surface area contributed by atoms with Gasteiger partial charge in [0.25, 0.3) is 0 Å². The normalized spacial score (nSPS) is 32.8. The van der Waals surface area contributed by atoms with Crippen LogP contribution in [0.1, 0.15) is 39.0 Å². The quantitative estimate of drug-likeness (QED) is 0.594. The van der Waals surface area contributed by atoms with E-state index in [-0.39, 0.29) is 24.3 Å². The summed E-state index contributed by atoms with van der Waals surface area (Å²) in [4.78, 5) is 25.8. The van der Waals surface area contributed by atoms with Crippen LogP contribution in [-0.2, 0) is 14.3 Å². The highest BCUT2D eigenvalue weighted by Gasteiger charge is 2.69. The van der Waals surface area contributed by atoms with Crippen molar-refractivity contribution >= 4 is 35.1 Å². The van der Waals surface area contributed by atoms with Gasteiger partial charge in [0.15, 0.2) is 0 Å². The molecule has 1 saturated carbocycles. The van der Waals surface area contributed by atoms with E-state index in [1.807, 2.05) is 0 Å². The number of nitrogens with zero attached hydrogens (tertiary/aromatic N) is 1. The molecule has 0 aromatic rings. The smallest absolute Gasteiger partial charge is 0.307 e. The molecule has 108 valence electrons. The molecule has 0 aromatic carbocycles. The third kappa shape index (κ3) is 2.70. The number of carbonyl (C=O) groups is 2. The summed E-state index contributed by atoms with van der Waals surface area (Å²) in [6.07, 6.45) is 3.53. The third-order valence-corrected chi connectivity index (χ3v) is 5.35. The van der Waals surface area contributed by atoms with Crippen molar-refractivity contribution < 1.29 is 14.3 Å². The minimum absolute atomic E-state index is 0.0360. The number of hydrogen-bond donors (Lipinski definition) is 0. The van der Waals surface area contributed by atoms with Gasteiger partial charge in [0, 0.05) is 12.6 Å². The van der Waals surface area contributed by atoms with Gasteiger partial charge in [-0.25, -0.2) is 0 Å². The highest BCUT2D eigenvalue weighted by molar-refractivity contribution is 6.53. The first-order chi connectivity index (χ1) is 8.82. The second-order valence-corrected chi connectivity index (χ2v) is 7.13. The Morgan fingerprint density at radius 1 is 1.37 bits per heavy atom. The first kappa shape index (κ1) is 14.9. The predicted molar refractivity (Wildman–Crippen MR) is 73.1 cm³/mol. The number of piperidine rings is 1. The maximum Gasteiger partial charge on any atom is 0.307 e. The summed E-state index contributed by atoms with van der Waals surface area (Å²) in [5.41, 5.74) is -0.707. The second kappa shape index (κ2) is 5.13. The highest BCUT2D eigenvalue weighted by atomic mass is 35.5. The van der Waals surface area contributed by atoms with Gasteiger partial charge < -0.3 is 9.64 Å². The number of hydrogen-bond acceptors (Lipinski definition) is 3. The average Bonchev–Trinajstić information content (AvgIpc) is 2.89. The van der Waals surface area contributed by atoms with Crippen molar-refractivity contribution in [2.45, 2.75) is 49.4 Å². The third-order valence-electron chi connectivity index (χ3n) is 4.25. The molecule has 0 bridgehead atoms. The Morgan fingerprint density at radius 3 is 2.53 bits per heavy atom. The average molecular weight is 308 g/mol. The molecular weight excluding hydrogens is 289 g/mol. The number of carbonyl (C=O) groups excluding carboxylic acids is 2. The van der Waals surface area contributed by atoms with Crippen LogP contribution in [-0.4, -0.2) is 40.8 Å². The number of amides is 1. The van der Waals surface area contributed by atoms with Crippen molar-refractivity contribution in [2.24, 2.45) is 5.41 Å². The first-order valence-electron chi connectivity index (χ1n) is 6.57. The molecule has 2 atom stereocenters. The van der Waals surface area contributed by atoms with E-state index in [9.17, 15) is 9.59 Å². The van der Waals surface area contributed by atoms with Gasteiger partial charge in [-0.1, -0.05) is 0 Å². The lowest BCUT2D eigenvalue weighted by molar-refractivity contribution is -0.146. The Bertz CT molecular complexity index is 399. The molecule has 1 aliphatic carbocycles. The monoisotopic (exact) mass is 307 g/mol. The summed E-state index contributed by atoms with van der Waals surface area (Å²) in [6, 6.07) is -0.0877. The van der Waals surface area contributed by atoms with Gasteiger partial charge >= 0.3 is 5.97 Å². The zero-order valence-electron chi connectivity index (χ0n) is 11.2. The fourth-order valence-electron chi connectivity index (χ4n) is 2.70. The van der Waals surface area contributed by atoms with Crippen LogP contribution in [0.15, 0.2) is 0 Å². The molecule has 1 aliphatic heterocycles. The van der Waals surface area contributed by atoms with Crippen molar-refractivity contribution in [2.75, 3.05) is 13.7 Å². The number of rotatable bonds is 3. The minimum atomic E-state index is -0.961. The van der Waals surface area contributed by atoms with Crippen LogP contribution in [0.4, 0.5) is 0 Å². The van der Waals surface area contributed by atoms with Crippen molar-refractivity contribution in [1.29, 1.82) is 0 Å². The van der Waals surface area contributed by atoms with E-state index in [0.29, 0.717) is 13.0 Å². The molecule has 4 nitrogen and oxygen atoms in total. The fourth-order valence-corrected chi connectivity index (χ4v) is 3.40. The predicted octanol–water partition coefficient (Wildman–Crippen LogP) is 2.51. The minimum Gasteiger partial charge on any atom is -0.469 e. The van der Waals surface area contributed by atoms with Crippen LogP contribution in [0.5, 0.6) is 0 Å². The lowest BCUT2D eigenvalue weighted by Crippen LogP contribution is -2.48.